The monoisotopic (exact) mass is 515 g/mol. The van der Waals surface area contributed by atoms with Gasteiger partial charge in [-0.2, -0.15) is 5.10 Å². The van der Waals surface area contributed by atoms with Crippen LogP contribution in [0.5, 0.6) is 0 Å². The van der Waals surface area contributed by atoms with Crippen LogP contribution in [-0.4, -0.2) is 59.0 Å². The van der Waals surface area contributed by atoms with Crippen molar-refractivity contribution in [1.82, 2.24) is 19.7 Å². The standard InChI is InChI=1S/C26H29N9O3/c1-17-25(21(3-6-28-17)32-26(36)22-15-38-16-29-22)20-11-19-14-31-35(9-10-37-2)23(19)12-24(20)34-7-4-18(5-8-34)13-30-33-27/h3,6,11-12,14-16,18H,4-5,7-10,13H2,1-2H3,(H,28,32,36). The molecule has 38 heavy (non-hydrogen) atoms. The lowest BCUT2D eigenvalue weighted by Gasteiger charge is -2.35. The molecule has 1 N–H and O–H groups in total. The molecule has 1 aromatic carbocycles. The van der Waals surface area contributed by atoms with E-state index in [0.29, 0.717) is 31.3 Å². The number of piperidine rings is 1. The molecule has 0 atom stereocenters. The summed E-state index contributed by atoms with van der Waals surface area (Å²) in [7, 11) is 1.68. The Labute approximate surface area is 219 Å². The van der Waals surface area contributed by atoms with E-state index in [1.165, 1.54) is 12.7 Å². The van der Waals surface area contributed by atoms with E-state index in [0.717, 1.165) is 59.3 Å². The second-order valence-corrected chi connectivity index (χ2v) is 9.28. The largest absolute Gasteiger partial charge is 0.451 e. The fourth-order valence-corrected chi connectivity index (χ4v) is 4.96. The van der Waals surface area contributed by atoms with Crippen molar-refractivity contribution < 1.29 is 13.9 Å². The lowest BCUT2D eigenvalue weighted by molar-refractivity contribution is 0.102. The zero-order chi connectivity index (χ0) is 26.5. The number of pyridine rings is 1. The van der Waals surface area contributed by atoms with Gasteiger partial charge >= 0.3 is 0 Å². The van der Waals surface area contributed by atoms with Gasteiger partial charge in [-0.3, -0.25) is 14.5 Å². The Morgan fingerprint density at radius 2 is 2.16 bits per heavy atom. The molecular formula is C26H29N9O3. The van der Waals surface area contributed by atoms with Gasteiger partial charge in [0.05, 0.1) is 30.6 Å². The maximum absolute atomic E-state index is 12.9. The molecule has 4 heterocycles. The van der Waals surface area contributed by atoms with E-state index in [4.69, 9.17) is 14.7 Å². The Hall–Kier alpha value is -4.41. The number of nitrogens with one attached hydrogen (secondary N) is 1. The maximum atomic E-state index is 12.9. The molecule has 196 valence electrons. The number of hydrogen-bond acceptors (Lipinski definition) is 8. The Morgan fingerprint density at radius 1 is 1.32 bits per heavy atom. The topological polar surface area (TPSA) is 147 Å². The number of carbonyl (C=O) groups is 1. The molecule has 1 aliphatic heterocycles. The predicted molar refractivity (Wildman–Crippen MR) is 143 cm³/mol. The normalized spacial score (nSPS) is 14.0. The highest BCUT2D eigenvalue weighted by molar-refractivity contribution is 6.06. The number of amides is 1. The van der Waals surface area contributed by atoms with Crippen LogP contribution in [0, 0.1) is 12.8 Å². The van der Waals surface area contributed by atoms with Crippen molar-refractivity contribution in [3.63, 3.8) is 0 Å². The van der Waals surface area contributed by atoms with Gasteiger partial charge in [-0.05, 0) is 49.4 Å². The lowest BCUT2D eigenvalue weighted by Crippen LogP contribution is -2.34. The molecule has 0 aliphatic carbocycles. The van der Waals surface area contributed by atoms with Crippen molar-refractivity contribution in [2.75, 3.05) is 43.6 Å². The molecular weight excluding hydrogens is 486 g/mol. The number of methoxy groups -OCH3 is 1. The van der Waals surface area contributed by atoms with E-state index >= 15 is 0 Å². The molecule has 12 nitrogen and oxygen atoms in total. The summed E-state index contributed by atoms with van der Waals surface area (Å²) in [6.07, 6.45) is 7.91. The van der Waals surface area contributed by atoms with Crippen molar-refractivity contribution >= 4 is 28.2 Å². The highest BCUT2D eigenvalue weighted by atomic mass is 16.5. The molecule has 12 heteroatoms. The number of nitrogens with zero attached hydrogens (tertiary/aromatic N) is 8. The highest BCUT2D eigenvalue weighted by Gasteiger charge is 2.25. The van der Waals surface area contributed by atoms with E-state index < -0.39 is 0 Å². The fourth-order valence-electron chi connectivity index (χ4n) is 4.96. The van der Waals surface area contributed by atoms with E-state index in [-0.39, 0.29) is 11.6 Å². The van der Waals surface area contributed by atoms with Crippen molar-refractivity contribution in [3.8, 4) is 11.1 Å². The number of rotatable bonds is 9. The number of oxazole rings is 1. The summed E-state index contributed by atoms with van der Waals surface area (Å²) in [6.45, 7) is 5.27. The van der Waals surface area contributed by atoms with Crippen LogP contribution in [0.1, 0.15) is 29.0 Å². The van der Waals surface area contributed by atoms with Gasteiger partial charge in [0.25, 0.3) is 5.91 Å². The highest BCUT2D eigenvalue weighted by Crippen LogP contribution is 2.41. The summed E-state index contributed by atoms with van der Waals surface area (Å²) in [5, 5.41) is 12.3. The summed E-state index contributed by atoms with van der Waals surface area (Å²) >= 11 is 0. The quantitative estimate of drug-likeness (QED) is 0.191. The molecule has 3 aromatic heterocycles. The van der Waals surface area contributed by atoms with Gasteiger partial charge in [-0.1, -0.05) is 5.11 Å². The van der Waals surface area contributed by atoms with Gasteiger partial charge in [-0.25, -0.2) is 4.98 Å². The van der Waals surface area contributed by atoms with Gasteiger partial charge in [0.15, 0.2) is 12.1 Å². The molecule has 0 unspecified atom stereocenters. The van der Waals surface area contributed by atoms with Crippen molar-refractivity contribution in [2.24, 2.45) is 11.0 Å². The van der Waals surface area contributed by atoms with Gasteiger partial charge in [-0.15, -0.1) is 0 Å². The number of aryl methyl sites for hydroxylation is 1. The maximum Gasteiger partial charge on any atom is 0.277 e. The van der Waals surface area contributed by atoms with Gasteiger partial charge in [0.2, 0.25) is 0 Å². The van der Waals surface area contributed by atoms with Crippen molar-refractivity contribution in [2.45, 2.75) is 26.3 Å². The number of anilines is 2. The van der Waals surface area contributed by atoms with E-state index in [1.54, 1.807) is 19.4 Å². The first kappa shape index (κ1) is 25.2. The summed E-state index contributed by atoms with van der Waals surface area (Å²) in [6, 6.07) is 6.07. The van der Waals surface area contributed by atoms with E-state index in [2.05, 4.69) is 47.4 Å². The third-order valence-electron chi connectivity index (χ3n) is 6.95. The third kappa shape index (κ3) is 5.17. The van der Waals surface area contributed by atoms with Crippen LogP contribution in [0.25, 0.3) is 32.5 Å². The Morgan fingerprint density at radius 3 is 2.89 bits per heavy atom. The number of aromatic nitrogens is 4. The first-order valence-electron chi connectivity index (χ1n) is 12.5. The van der Waals surface area contributed by atoms with Gasteiger partial charge in [0.1, 0.15) is 6.26 Å². The molecule has 0 radical (unpaired) electrons. The molecule has 1 aliphatic rings. The van der Waals surface area contributed by atoms with Crippen LogP contribution in [-0.2, 0) is 11.3 Å². The number of benzene rings is 1. The first-order chi connectivity index (χ1) is 18.6. The van der Waals surface area contributed by atoms with E-state index in [1.807, 2.05) is 17.8 Å². The Kier molecular flexibility index (Phi) is 7.52. The zero-order valence-electron chi connectivity index (χ0n) is 21.4. The van der Waals surface area contributed by atoms with Crippen LogP contribution in [0.3, 0.4) is 0 Å². The molecule has 0 saturated carbocycles. The predicted octanol–water partition coefficient (Wildman–Crippen LogP) is 4.82. The number of azide groups is 1. The SMILES string of the molecule is COCCn1ncc2cc(-c3c(NC(=O)c4cocn4)ccnc3C)c(N3CCC(CN=[N+]=[N-])CC3)cc21. The van der Waals surface area contributed by atoms with Gasteiger partial charge in [0, 0.05) is 65.7 Å². The second kappa shape index (κ2) is 11.3. The second-order valence-electron chi connectivity index (χ2n) is 9.28. The minimum Gasteiger partial charge on any atom is -0.451 e. The van der Waals surface area contributed by atoms with Crippen LogP contribution >= 0.6 is 0 Å². The van der Waals surface area contributed by atoms with Crippen LogP contribution in [0.4, 0.5) is 11.4 Å². The number of carbonyl (C=O) groups excluding carboxylic acids is 1. The van der Waals surface area contributed by atoms with Crippen LogP contribution in [0.2, 0.25) is 0 Å². The van der Waals surface area contributed by atoms with Crippen molar-refractivity contribution in [1.29, 1.82) is 0 Å². The molecule has 5 rings (SSSR count). The minimum atomic E-state index is -0.362. The summed E-state index contributed by atoms with van der Waals surface area (Å²) in [5.74, 6) is -0.00141. The van der Waals surface area contributed by atoms with Crippen LogP contribution in [0.15, 0.2) is 52.8 Å². The molecule has 0 bridgehead atoms. The lowest BCUT2D eigenvalue weighted by atomic mass is 9.93. The fraction of sp³-hybridized carbons (Fsp3) is 0.385. The molecule has 1 saturated heterocycles. The summed E-state index contributed by atoms with van der Waals surface area (Å²) in [5.41, 5.74) is 14.2. The molecule has 1 fully saturated rings. The van der Waals surface area contributed by atoms with E-state index in [9.17, 15) is 4.79 Å². The number of ether oxygens (including phenoxy) is 1. The van der Waals surface area contributed by atoms with Crippen LogP contribution < -0.4 is 10.2 Å². The Bertz CT molecular complexity index is 1470. The number of fused-ring (bicyclic) bond motifs is 1. The minimum absolute atomic E-state index is 0.197. The molecule has 4 aromatic rings. The van der Waals surface area contributed by atoms with Gasteiger partial charge < -0.3 is 19.4 Å². The first-order valence-corrected chi connectivity index (χ1v) is 12.5. The average Bonchev–Trinajstić information content (AvgIpc) is 3.61. The summed E-state index contributed by atoms with van der Waals surface area (Å²) in [4.78, 5) is 26.7. The smallest absolute Gasteiger partial charge is 0.277 e. The van der Waals surface area contributed by atoms with Crippen molar-refractivity contribution in [3.05, 3.63) is 65.1 Å². The zero-order valence-corrected chi connectivity index (χ0v) is 21.4. The Balaban J connectivity index is 1.59. The summed E-state index contributed by atoms with van der Waals surface area (Å²) < 4.78 is 12.2. The number of hydrogen-bond donors (Lipinski definition) is 1. The molecule has 1 amide bonds. The average molecular weight is 516 g/mol. The third-order valence-corrected chi connectivity index (χ3v) is 6.95. The molecule has 0 spiro atoms.